The molecule has 1 aliphatic rings. The minimum atomic E-state index is -5.10. The quantitative estimate of drug-likeness (QED) is 0.195. The highest BCUT2D eigenvalue weighted by Crippen LogP contribution is 2.47. The second kappa shape index (κ2) is 11.5. The Kier molecular flexibility index (Phi) is 8.06. The van der Waals surface area contributed by atoms with Crippen LogP contribution in [0.15, 0.2) is 114 Å². The van der Waals surface area contributed by atoms with Crippen LogP contribution >= 0.6 is 0 Å². The molecule has 43 heavy (non-hydrogen) atoms. The zero-order valence-electron chi connectivity index (χ0n) is 22.7. The third kappa shape index (κ3) is 5.50. The number of alkyl halides is 3. The molecular weight excluding hydrogens is 586 g/mol. The molecule has 224 valence electrons. The van der Waals surface area contributed by atoms with E-state index in [2.05, 4.69) is 0 Å². The first kappa shape index (κ1) is 30.2. The molecule has 11 heteroatoms. The molecule has 1 fully saturated rings. The van der Waals surface area contributed by atoms with Gasteiger partial charge in [-0.25, -0.2) is 17.6 Å². The summed E-state index contributed by atoms with van der Waals surface area (Å²) >= 11 is 0. The summed E-state index contributed by atoms with van der Waals surface area (Å²) in [6.45, 7) is -0.424. The minimum absolute atomic E-state index is 0.0215. The van der Waals surface area contributed by atoms with Gasteiger partial charge in [0.1, 0.15) is 17.2 Å². The molecule has 1 unspecified atom stereocenters. The fourth-order valence-electron chi connectivity index (χ4n) is 5.39. The molecule has 6 nitrogen and oxygen atoms in total. The van der Waals surface area contributed by atoms with Gasteiger partial charge >= 0.3 is 12.3 Å². The van der Waals surface area contributed by atoms with Crippen molar-refractivity contribution in [2.24, 2.45) is 0 Å². The third-order valence-corrected chi connectivity index (χ3v) is 10.3. The van der Waals surface area contributed by atoms with E-state index in [1.165, 1.54) is 35.2 Å². The van der Waals surface area contributed by atoms with Gasteiger partial charge in [0, 0.05) is 13.1 Å². The number of benzene rings is 4. The van der Waals surface area contributed by atoms with Gasteiger partial charge in [-0.15, -0.1) is 0 Å². The molecule has 4 aromatic carbocycles. The van der Waals surface area contributed by atoms with E-state index in [9.17, 15) is 35.9 Å². The highest BCUT2D eigenvalue weighted by atomic mass is 32.2. The maximum Gasteiger partial charge on any atom is 0.425 e. The highest BCUT2D eigenvalue weighted by Gasteiger charge is 2.57. The maximum atomic E-state index is 14.3. The van der Waals surface area contributed by atoms with Gasteiger partial charge in [0.05, 0.1) is 4.90 Å². The van der Waals surface area contributed by atoms with E-state index in [0.717, 1.165) is 54.1 Å². The van der Waals surface area contributed by atoms with Crippen molar-refractivity contribution in [1.82, 2.24) is 4.90 Å². The summed E-state index contributed by atoms with van der Waals surface area (Å²) in [6.07, 6.45) is -5.96. The van der Waals surface area contributed by atoms with E-state index in [0.29, 0.717) is 0 Å². The molecule has 1 aliphatic heterocycles. The highest BCUT2D eigenvalue weighted by molar-refractivity contribution is 7.92. The van der Waals surface area contributed by atoms with Gasteiger partial charge in [-0.2, -0.15) is 13.2 Å². The molecule has 1 amide bonds. The maximum absolute atomic E-state index is 14.3. The molecule has 0 bridgehead atoms. The Morgan fingerprint density at radius 2 is 1.40 bits per heavy atom. The lowest BCUT2D eigenvalue weighted by molar-refractivity contribution is -0.248. The first-order valence-electron chi connectivity index (χ1n) is 13.3. The van der Waals surface area contributed by atoms with E-state index in [-0.39, 0.29) is 36.6 Å². The van der Waals surface area contributed by atoms with Crippen molar-refractivity contribution in [2.75, 3.05) is 13.1 Å². The van der Waals surface area contributed by atoms with E-state index < -0.39 is 49.4 Å². The number of nitrogens with zero attached hydrogens (tertiary/aromatic N) is 1. The third-order valence-electron chi connectivity index (χ3n) is 7.76. The van der Waals surface area contributed by atoms with Crippen molar-refractivity contribution in [2.45, 2.75) is 34.4 Å². The smallest absolute Gasteiger partial charge is 0.425 e. The summed E-state index contributed by atoms with van der Waals surface area (Å²) in [7, 11) is -4.33. The fraction of sp³-hybridized carbons (Fsp3) is 0.219. The summed E-state index contributed by atoms with van der Waals surface area (Å²) < 4.78 is 88.5. The molecule has 0 saturated carbocycles. The number of sulfone groups is 1. The molecule has 1 saturated heterocycles. The predicted molar refractivity (Wildman–Crippen MR) is 150 cm³/mol. The lowest BCUT2D eigenvalue weighted by atomic mass is 9.84. The van der Waals surface area contributed by atoms with Gasteiger partial charge in [0.25, 0.3) is 0 Å². The number of likely N-dealkylation sites (tertiary alicyclic amines) is 1. The number of hydrogen-bond donors (Lipinski definition) is 1. The van der Waals surface area contributed by atoms with Gasteiger partial charge in [0.15, 0.2) is 9.84 Å². The number of carbonyl (C=O) groups is 1. The topological polar surface area (TPSA) is 83.9 Å². The van der Waals surface area contributed by atoms with E-state index in [1.807, 2.05) is 0 Å². The molecule has 1 heterocycles. The molecule has 0 spiro atoms. The Hall–Kier alpha value is -4.22. The van der Waals surface area contributed by atoms with Crippen LogP contribution in [0.3, 0.4) is 0 Å². The van der Waals surface area contributed by atoms with E-state index >= 15 is 0 Å². The summed E-state index contributed by atoms with van der Waals surface area (Å²) in [5.41, 5.74) is -3.44. The average Bonchev–Trinajstić information content (AvgIpc) is 3.48. The number of rotatable bonds is 7. The molecule has 0 radical (unpaired) electrons. The van der Waals surface area contributed by atoms with Gasteiger partial charge in [-0.1, -0.05) is 84.9 Å². The molecule has 0 aromatic heterocycles. The lowest BCUT2D eigenvalue weighted by Crippen LogP contribution is -2.43. The first-order valence-corrected chi connectivity index (χ1v) is 14.8. The van der Waals surface area contributed by atoms with Gasteiger partial charge < -0.3 is 14.7 Å². The van der Waals surface area contributed by atoms with Crippen LogP contribution in [0.4, 0.5) is 22.4 Å². The summed E-state index contributed by atoms with van der Waals surface area (Å²) in [5.74, 6) is -0.651. The Labute approximate surface area is 246 Å². The van der Waals surface area contributed by atoms with Gasteiger partial charge in [0.2, 0.25) is 5.60 Å². The van der Waals surface area contributed by atoms with E-state index in [4.69, 9.17) is 4.74 Å². The average molecular weight is 614 g/mol. The van der Waals surface area contributed by atoms with Crippen LogP contribution in [0.25, 0.3) is 0 Å². The summed E-state index contributed by atoms with van der Waals surface area (Å²) in [5, 5.41) is 11.0. The Morgan fingerprint density at radius 3 is 1.98 bits per heavy atom. The van der Waals surface area contributed by atoms with E-state index in [1.54, 1.807) is 30.3 Å². The van der Waals surface area contributed by atoms with Crippen LogP contribution in [-0.4, -0.2) is 43.8 Å². The molecule has 0 aliphatic carbocycles. The summed E-state index contributed by atoms with van der Waals surface area (Å²) in [4.78, 5) is 14.0. The predicted octanol–water partition coefficient (Wildman–Crippen LogP) is 6.34. The number of amides is 1. The first-order chi connectivity index (χ1) is 20.4. The molecule has 4 aromatic rings. The number of carbonyl (C=O) groups excluding carboxylic acids is 1. The van der Waals surface area contributed by atoms with Crippen LogP contribution in [0.5, 0.6) is 0 Å². The van der Waals surface area contributed by atoms with Gasteiger partial charge in [-0.3, -0.25) is 0 Å². The van der Waals surface area contributed by atoms with Crippen molar-refractivity contribution in [3.63, 3.8) is 0 Å². The largest absolute Gasteiger partial charge is 0.445 e. The molecule has 2 atom stereocenters. The van der Waals surface area contributed by atoms with Crippen LogP contribution in [0, 0.1) is 5.82 Å². The number of halogens is 4. The van der Waals surface area contributed by atoms with Crippen molar-refractivity contribution < 1.29 is 40.6 Å². The normalized spacial score (nSPS) is 18.7. The number of ether oxygens (including phenoxy) is 1. The molecular formula is C32H27F4NO5S. The SMILES string of the molecule is O=C(OCc1ccccc1)N1CC[C@](c2ccc(C(O)(c3ccccc3)C(F)(F)F)cc2)(S(=O)(=O)c2ccc(F)cc2)C1. The van der Waals surface area contributed by atoms with Gasteiger partial charge in [-0.05, 0) is 52.9 Å². The second-order valence-electron chi connectivity index (χ2n) is 10.3. The van der Waals surface area contributed by atoms with Crippen molar-refractivity contribution in [3.8, 4) is 0 Å². The zero-order chi connectivity index (χ0) is 30.9. The lowest BCUT2D eigenvalue weighted by Gasteiger charge is -2.33. The Bertz CT molecular complexity index is 1680. The number of aliphatic hydroxyl groups is 1. The fourth-order valence-corrected chi connectivity index (χ4v) is 7.46. The van der Waals surface area contributed by atoms with Crippen LogP contribution in [0.2, 0.25) is 0 Å². The number of hydrogen-bond acceptors (Lipinski definition) is 5. The van der Waals surface area contributed by atoms with Crippen molar-refractivity contribution >= 4 is 15.9 Å². The Morgan fingerprint density at radius 1 is 0.837 bits per heavy atom. The standard InChI is InChI=1S/C32H27F4NO5S/c33-27-15-17-28(18-16-27)43(40,41)30(19-20-37(22-30)29(38)42-21-23-7-3-1-4-8-23)24-11-13-26(14-12-24)31(39,32(34,35)36)25-9-5-2-6-10-25/h1-18,39H,19-22H2/t30-,31?/m0/s1. The molecule has 1 N–H and O–H groups in total. The zero-order valence-corrected chi connectivity index (χ0v) is 23.5. The molecule has 5 rings (SSSR count). The minimum Gasteiger partial charge on any atom is -0.445 e. The van der Waals surface area contributed by atoms with Crippen molar-refractivity contribution in [1.29, 1.82) is 0 Å². The van der Waals surface area contributed by atoms with Crippen LogP contribution in [0.1, 0.15) is 28.7 Å². The Balaban J connectivity index is 1.53. The summed E-state index contributed by atoms with van der Waals surface area (Å²) in [6, 6.07) is 24.2. The second-order valence-corrected chi connectivity index (χ2v) is 12.6. The van der Waals surface area contributed by atoms with Crippen molar-refractivity contribution in [3.05, 3.63) is 137 Å². The monoisotopic (exact) mass is 613 g/mol. The van der Waals surface area contributed by atoms with Crippen LogP contribution in [-0.2, 0) is 31.5 Å². The van der Waals surface area contributed by atoms with Crippen LogP contribution < -0.4 is 0 Å².